The van der Waals surface area contributed by atoms with E-state index in [9.17, 15) is 19.5 Å². The van der Waals surface area contributed by atoms with E-state index in [0.717, 1.165) is 28.7 Å². The molecule has 1 aliphatic rings. The van der Waals surface area contributed by atoms with Crippen LogP contribution in [0, 0.1) is 0 Å². The third-order valence-corrected chi connectivity index (χ3v) is 6.33. The first-order chi connectivity index (χ1) is 15.8. The van der Waals surface area contributed by atoms with Crippen LogP contribution >= 0.6 is 0 Å². The van der Waals surface area contributed by atoms with Crippen LogP contribution in [0.2, 0.25) is 0 Å². The number of hydrogen-bond donors (Lipinski definition) is 3. The number of hydrogen-bond acceptors (Lipinski definition) is 4. The van der Waals surface area contributed by atoms with Crippen molar-refractivity contribution in [1.82, 2.24) is 10.6 Å². The summed E-state index contributed by atoms with van der Waals surface area (Å²) in [5, 5.41) is 14.7. The summed E-state index contributed by atoms with van der Waals surface area (Å²) in [6, 6.07) is 15.8. The first-order valence-electron chi connectivity index (χ1n) is 11.4. The zero-order valence-electron chi connectivity index (χ0n) is 19.4. The van der Waals surface area contributed by atoms with Crippen molar-refractivity contribution in [3.63, 3.8) is 0 Å². The number of nitrogens with one attached hydrogen (secondary N) is 2. The average Bonchev–Trinajstić information content (AvgIpc) is 3.11. The zero-order valence-corrected chi connectivity index (χ0v) is 19.4. The van der Waals surface area contributed by atoms with Crippen molar-refractivity contribution in [2.45, 2.75) is 64.0 Å². The average molecular weight is 453 g/mol. The molecule has 2 amide bonds. The molecule has 0 aliphatic heterocycles. The van der Waals surface area contributed by atoms with Crippen LogP contribution in [0.3, 0.4) is 0 Å². The summed E-state index contributed by atoms with van der Waals surface area (Å²) in [5.41, 5.74) is 3.23. The van der Waals surface area contributed by atoms with E-state index in [4.69, 9.17) is 4.74 Å². The predicted octanol–water partition coefficient (Wildman–Crippen LogP) is 4.45. The van der Waals surface area contributed by atoms with Crippen molar-refractivity contribution >= 4 is 18.0 Å². The van der Waals surface area contributed by atoms with Crippen LogP contribution in [0.15, 0.2) is 48.5 Å². The summed E-state index contributed by atoms with van der Waals surface area (Å²) in [6.07, 6.45) is 0.992. The molecule has 0 saturated carbocycles. The normalized spacial score (nSPS) is 15.0. The fourth-order valence-electron chi connectivity index (χ4n) is 4.26. The topological polar surface area (TPSA) is 105 Å². The number of carbonyl (C=O) groups excluding carboxylic acids is 2. The summed E-state index contributed by atoms with van der Waals surface area (Å²) in [7, 11) is 0. The molecule has 3 rings (SSSR count). The second-order valence-corrected chi connectivity index (χ2v) is 8.70. The van der Waals surface area contributed by atoms with E-state index in [2.05, 4.69) is 34.9 Å². The van der Waals surface area contributed by atoms with Gasteiger partial charge >= 0.3 is 12.1 Å². The molecule has 7 heteroatoms. The van der Waals surface area contributed by atoms with Gasteiger partial charge in [-0.2, -0.15) is 0 Å². The van der Waals surface area contributed by atoms with Crippen molar-refractivity contribution in [3.05, 3.63) is 59.7 Å². The zero-order chi connectivity index (χ0) is 24.0. The molecule has 0 fully saturated rings. The predicted molar refractivity (Wildman–Crippen MR) is 126 cm³/mol. The fourth-order valence-corrected chi connectivity index (χ4v) is 4.26. The molecule has 0 spiro atoms. The lowest BCUT2D eigenvalue weighted by molar-refractivity contribution is -0.147. The molecule has 1 aliphatic carbocycles. The lowest BCUT2D eigenvalue weighted by atomic mass is 9.98. The van der Waals surface area contributed by atoms with Gasteiger partial charge in [0.2, 0.25) is 5.91 Å². The van der Waals surface area contributed by atoms with E-state index in [1.54, 1.807) is 6.92 Å². The summed E-state index contributed by atoms with van der Waals surface area (Å²) in [5.74, 6) is -1.55. The molecule has 0 heterocycles. The Hall–Kier alpha value is -3.35. The van der Waals surface area contributed by atoms with Crippen LogP contribution in [-0.4, -0.2) is 41.3 Å². The molecule has 0 aromatic heterocycles. The van der Waals surface area contributed by atoms with Gasteiger partial charge in [-0.25, -0.2) is 9.59 Å². The van der Waals surface area contributed by atoms with Gasteiger partial charge in [0.05, 0.1) is 0 Å². The highest BCUT2D eigenvalue weighted by atomic mass is 16.5. The van der Waals surface area contributed by atoms with Gasteiger partial charge in [0, 0.05) is 18.4 Å². The highest BCUT2D eigenvalue weighted by Crippen LogP contribution is 2.44. The Morgan fingerprint density at radius 3 is 2.12 bits per heavy atom. The number of amides is 2. The number of rotatable bonds is 10. The number of alkyl carbamates (subject to hydrolysis) is 1. The molecule has 2 atom stereocenters. The molecular formula is C26H32N2O5. The van der Waals surface area contributed by atoms with Crippen molar-refractivity contribution in [1.29, 1.82) is 0 Å². The number of ether oxygens (including phenoxy) is 1. The van der Waals surface area contributed by atoms with Crippen LogP contribution in [-0.2, 0) is 14.3 Å². The third kappa shape index (κ3) is 5.53. The van der Waals surface area contributed by atoms with E-state index in [0.29, 0.717) is 6.42 Å². The van der Waals surface area contributed by atoms with Crippen LogP contribution in [0.4, 0.5) is 4.79 Å². The second-order valence-electron chi connectivity index (χ2n) is 8.70. The summed E-state index contributed by atoms with van der Waals surface area (Å²) in [6.45, 7) is 5.32. The van der Waals surface area contributed by atoms with E-state index < -0.39 is 29.6 Å². The van der Waals surface area contributed by atoms with Gasteiger partial charge in [-0.05, 0) is 42.0 Å². The molecular weight excluding hydrogens is 420 g/mol. The Labute approximate surface area is 194 Å². The maximum absolute atomic E-state index is 12.6. The maximum Gasteiger partial charge on any atom is 0.407 e. The number of carbonyl (C=O) groups is 3. The van der Waals surface area contributed by atoms with Gasteiger partial charge in [0.15, 0.2) is 0 Å². The summed E-state index contributed by atoms with van der Waals surface area (Å²) in [4.78, 5) is 36.5. The largest absolute Gasteiger partial charge is 0.480 e. The SMILES string of the molecule is CCC[C@@H](CC(=O)NC(C)(CC)C(=O)O)NC(=O)OCC1c2ccccc2-c2ccccc21. The summed E-state index contributed by atoms with van der Waals surface area (Å²) < 4.78 is 5.58. The van der Waals surface area contributed by atoms with Gasteiger partial charge in [-0.3, -0.25) is 4.79 Å². The number of carboxylic acid groups (broad SMARTS) is 1. The molecule has 2 aromatic carbocycles. The molecule has 0 saturated heterocycles. The maximum atomic E-state index is 12.6. The number of fused-ring (bicyclic) bond motifs is 3. The number of benzene rings is 2. The molecule has 1 unspecified atom stereocenters. The lowest BCUT2D eigenvalue weighted by Gasteiger charge is -2.26. The van der Waals surface area contributed by atoms with Crippen LogP contribution in [0.5, 0.6) is 0 Å². The molecule has 0 radical (unpaired) electrons. The van der Waals surface area contributed by atoms with Gasteiger partial charge in [0.25, 0.3) is 0 Å². The first-order valence-corrected chi connectivity index (χ1v) is 11.4. The summed E-state index contributed by atoms with van der Waals surface area (Å²) >= 11 is 0. The number of carboxylic acids is 1. The molecule has 7 nitrogen and oxygen atoms in total. The minimum absolute atomic E-state index is 0.0130. The highest BCUT2D eigenvalue weighted by molar-refractivity contribution is 5.87. The first kappa shape index (κ1) is 24.3. The van der Waals surface area contributed by atoms with E-state index in [-0.39, 0.29) is 25.4 Å². The van der Waals surface area contributed by atoms with E-state index in [1.165, 1.54) is 6.92 Å². The van der Waals surface area contributed by atoms with Gasteiger partial charge in [-0.1, -0.05) is 68.8 Å². The van der Waals surface area contributed by atoms with Crippen molar-refractivity contribution in [2.24, 2.45) is 0 Å². The Morgan fingerprint density at radius 2 is 1.61 bits per heavy atom. The van der Waals surface area contributed by atoms with Gasteiger partial charge in [0.1, 0.15) is 12.1 Å². The van der Waals surface area contributed by atoms with Crippen molar-refractivity contribution in [3.8, 4) is 11.1 Å². The molecule has 176 valence electrons. The molecule has 33 heavy (non-hydrogen) atoms. The minimum atomic E-state index is -1.34. The van der Waals surface area contributed by atoms with E-state index >= 15 is 0 Å². The minimum Gasteiger partial charge on any atom is -0.480 e. The Bertz CT molecular complexity index is 976. The van der Waals surface area contributed by atoms with E-state index in [1.807, 2.05) is 31.2 Å². The smallest absolute Gasteiger partial charge is 0.407 e. The quantitative estimate of drug-likeness (QED) is 0.494. The van der Waals surface area contributed by atoms with Crippen LogP contribution in [0.25, 0.3) is 11.1 Å². The van der Waals surface area contributed by atoms with Crippen LogP contribution < -0.4 is 10.6 Å². The molecule has 3 N–H and O–H groups in total. The molecule has 2 aromatic rings. The monoisotopic (exact) mass is 452 g/mol. The Kier molecular flexibility index (Phi) is 7.74. The van der Waals surface area contributed by atoms with Gasteiger partial charge < -0.3 is 20.5 Å². The van der Waals surface area contributed by atoms with Crippen molar-refractivity contribution in [2.75, 3.05) is 6.61 Å². The lowest BCUT2D eigenvalue weighted by Crippen LogP contribution is -2.53. The van der Waals surface area contributed by atoms with Crippen molar-refractivity contribution < 1.29 is 24.2 Å². The number of aliphatic carboxylic acids is 1. The third-order valence-electron chi connectivity index (χ3n) is 6.33. The second kappa shape index (κ2) is 10.5. The highest BCUT2D eigenvalue weighted by Gasteiger charge is 2.33. The fraction of sp³-hybridized carbons (Fsp3) is 0.423. The Morgan fingerprint density at radius 1 is 1.03 bits per heavy atom. The van der Waals surface area contributed by atoms with Crippen LogP contribution in [0.1, 0.15) is 63.5 Å². The van der Waals surface area contributed by atoms with Gasteiger partial charge in [-0.15, -0.1) is 0 Å². The molecule has 0 bridgehead atoms. The standard InChI is InChI=1S/C26H32N2O5/c1-4-10-17(15-23(29)28-26(3,5-2)24(30)31)27-25(32)33-16-22-20-13-8-6-11-18(20)19-12-7-9-14-21(19)22/h6-9,11-14,17,22H,4-5,10,15-16H2,1-3H3,(H,27,32)(H,28,29)(H,30,31)/t17-,26?/m0/s1. The Balaban J connectivity index is 1.61.